The summed E-state index contributed by atoms with van der Waals surface area (Å²) in [6, 6.07) is 10.6. The van der Waals surface area contributed by atoms with Crippen LogP contribution in [-0.2, 0) is 12.0 Å². The van der Waals surface area contributed by atoms with Crippen LogP contribution in [0.5, 0.6) is 0 Å². The normalized spacial score (nSPS) is 15.8. The van der Waals surface area contributed by atoms with Gasteiger partial charge in [0.05, 0.1) is 5.69 Å². The van der Waals surface area contributed by atoms with Gasteiger partial charge in [-0.3, -0.25) is 4.68 Å². The Hall–Kier alpha value is -1.13. The monoisotopic (exact) mass is 335 g/mol. The topological polar surface area (TPSA) is 43.8 Å². The van der Waals surface area contributed by atoms with Crippen LogP contribution in [0.15, 0.2) is 41.0 Å². The van der Waals surface area contributed by atoms with Crippen LogP contribution in [0.25, 0.3) is 0 Å². The minimum atomic E-state index is -0.436. The lowest BCUT2D eigenvalue weighted by molar-refractivity contribution is 0.451. The zero-order chi connectivity index (χ0) is 14.8. The van der Waals surface area contributed by atoms with Gasteiger partial charge in [-0.05, 0) is 38.0 Å². The number of benzene rings is 1. The summed E-state index contributed by atoms with van der Waals surface area (Å²) in [5.41, 5.74) is 8.22. The molecule has 2 atom stereocenters. The molecular formula is C16H22BrN3. The maximum atomic E-state index is 6.51. The van der Waals surface area contributed by atoms with Gasteiger partial charge in [0.15, 0.2) is 0 Å². The van der Waals surface area contributed by atoms with Crippen LogP contribution in [-0.4, -0.2) is 9.78 Å². The van der Waals surface area contributed by atoms with Gasteiger partial charge in [0, 0.05) is 28.7 Å². The van der Waals surface area contributed by atoms with Crippen molar-refractivity contribution in [3.63, 3.8) is 0 Å². The number of nitrogens with zero attached hydrogens (tertiary/aromatic N) is 2. The number of nitrogens with two attached hydrogens (primary N) is 1. The third-order valence-electron chi connectivity index (χ3n) is 3.74. The van der Waals surface area contributed by atoms with Gasteiger partial charge in [-0.25, -0.2) is 0 Å². The maximum Gasteiger partial charge on any atom is 0.0646 e. The van der Waals surface area contributed by atoms with Gasteiger partial charge in [0.1, 0.15) is 0 Å². The largest absolute Gasteiger partial charge is 0.321 e. The molecule has 2 rings (SSSR count). The summed E-state index contributed by atoms with van der Waals surface area (Å²) >= 11 is 3.58. The molecule has 0 saturated carbocycles. The molecule has 0 spiro atoms. The standard InChI is InChI=1S/C16H22BrN3/c1-4-12(2)20-10-9-13(19-20)11-16(3,18)14-7-5-6-8-15(14)17/h5-10,12H,4,11,18H2,1-3H3. The molecule has 0 saturated heterocycles. The van der Waals surface area contributed by atoms with E-state index >= 15 is 0 Å². The van der Waals surface area contributed by atoms with Gasteiger partial charge in [-0.15, -0.1) is 0 Å². The van der Waals surface area contributed by atoms with Crippen LogP contribution in [0.1, 0.15) is 44.5 Å². The average molecular weight is 336 g/mol. The van der Waals surface area contributed by atoms with Crippen LogP contribution in [0.3, 0.4) is 0 Å². The van der Waals surface area contributed by atoms with Crippen molar-refractivity contribution in [3.05, 3.63) is 52.3 Å². The number of halogens is 1. The van der Waals surface area contributed by atoms with E-state index < -0.39 is 5.54 Å². The molecule has 1 heterocycles. The summed E-state index contributed by atoms with van der Waals surface area (Å²) in [6.07, 6.45) is 3.84. The lowest BCUT2D eigenvalue weighted by Crippen LogP contribution is -2.36. The minimum absolute atomic E-state index is 0.427. The number of hydrogen-bond donors (Lipinski definition) is 1. The second-order valence-corrected chi connectivity index (χ2v) is 6.47. The Morgan fingerprint density at radius 2 is 2.05 bits per heavy atom. The van der Waals surface area contributed by atoms with E-state index in [0.717, 1.165) is 28.6 Å². The fourth-order valence-electron chi connectivity index (χ4n) is 2.30. The molecule has 0 aliphatic heterocycles. The van der Waals surface area contributed by atoms with Gasteiger partial charge >= 0.3 is 0 Å². The summed E-state index contributed by atoms with van der Waals surface area (Å²) < 4.78 is 3.07. The van der Waals surface area contributed by atoms with Crippen LogP contribution < -0.4 is 5.73 Å². The molecule has 2 N–H and O–H groups in total. The van der Waals surface area contributed by atoms with Crippen molar-refractivity contribution in [2.24, 2.45) is 5.73 Å². The molecule has 0 fully saturated rings. The molecule has 20 heavy (non-hydrogen) atoms. The second-order valence-electron chi connectivity index (χ2n) is 5.62. The molecule has 1 aromatic heterocycles. The first-order chi connectivity index (χ1) is 9.44. The third kappa shape index (κ3) is 3.30. The van der Waals surface area contributed by atoms with Crippen LogP contribution in [0, 0.1) is 0 Å². The maximum absolute atomic E-state index is 6.51. The fraction of sp³-hybridized carbons (Fsp3) is 0.438. The van der Waals surface area contributed by atoms with Crippen LogP contribution in [0.2, 0.25) is 0 Å². The molecule has 0 amide bonds. The molecule has 0 aliphatic rings. The van der Waals surface area contributed by atoms with E-state index in [1.165, 1.54) is 0 Å². The van der Waals surface area contributed by atoms with Gasteiger partial charge < -0.3 is 5.73 Å². The number of aromatic nitrogens is 2. The molecule has 2 aromatic rings. The Kier molecular flexibility index (Phi) is 4.66. The Morgan fingerprint density at radius 1 is 1.35 bits per heavy atom. The molecule has 2 unspecified atom stereocenters. The lowest BCUT2D eigenvalue weighted by Gasteiger charge is -2.25. The zero-order valence-electron chi connectivity index (χ0n) is 12.3. The molecule has 0 radical (unpaired) electrons. The molecule has 0 bridgehead atoms. The van der Waals surface area contributed by atoms with E-state index in [1.807, 2.05) is 29.1 Å². The van der Waals surface area contributed by atoms with E-state index in [1.54, 1.807) is 0 Å². The van der Waals surface area contributed by atoms with E-state index in [9.17, 15) is 0 Å². The molecule has 108 valence electrons. The SMILES string of the molecule is CCC(C)n1ccc(CC(C)(N)c2ccccc2Br)n1. The quantitative estimate of drug-likeness (QED) is 0.896. The zero-order valence-corrected chi connectivity index (χ0v) is 13.9. The predicted octanol–water partition coefficient (Wildman–Crippen LogP) is 4.03. The van der Waals surface area contributed by atoms with Gasteiger partial charge in [-0.1, -0.05) is 41.1 Å². The van der Waals surface area contributed by atoms with Gasteiger partial charge in [0.2, 0.25) is 0 Å². The van der Waals surface area contributed by atoms with E-state index in [-0.39, 0.29) is 0 Å². The molecular weight excluding hydrogens is 314 g/mol. The highest BCUT2D eigenvalue weighted by atomic mass is 79.9. The Balaban J connectivity index is 2.20. The summed E-state index contributed by atoms with van der Waals surface area (Å²) in [5.74, 6) is 0. The van der Waals surface area contributed by atoms with E-state index in [4.69, 9.17) is 5.73 Å². The van der Waals surface area contributed by atoms with Crippen molar-refractivity contribution in [1.82, 2.24) is 9.78 Å². The average Bonchev–Trinajstić information content (AvgIpc) is 2.85. The first-order valence-electron chi connectivity index (χ1n) is 7.02. The first kappa shape index (κ1) is 15.3. The number of rotatable bonds is 5. The molecule has 0 aliphatic carbocycles. The minimum Gasteiger partial charge on any atom is -0.321 e. The predicted molar refractivity (Wildman–Crippen MR) is 86.6 cm³/mol. The third-order valence-corrected chi connectivity index (χ3v) is 4.43. The summed E-state index contributed by atoms with van der Waals surface area (Å²) in [7, 11) is 0. The van der Waals surface area contributed by atoms with Crippen molar-refractivity contribution in [2.45, 2.75) is 45.2 Å². The van der Waals surface area contributed by atoms with Crippen molar-refractivity contribution in [2.75, 3.05) is 0 Å². The molecule has 1 aromatic carbocycles. The highest BCUT2D eigenvalue weighted by molar-refractivity contribution is 9.10. The molecule has 3 nitrogen and oxygen atoms in total. The fourth-order valence-corrected chi connectivity index (χ4v) is 3.04. The van der Waals surface area contributed by atoms with Crippen molar-refractivity contribution < 1.29 is 0 Å². The van der Waals surface area contributed by atoms with E-state index in [0.29, 0.717) is 6.04 Å². The lowest BCUT2D eigenvalue weighted by atomic mass is 9.88. The highest BCUT2D eigenvalue weighted by Gasteiger charge is 2.25. The Morgan fingerprint density at radius 3 is 2.70 bits per heavy atom. The smallest absolute Gasteiger partial charge is 0.0646 e. The second kappa shape index (κ2) is 6.10. The first-order valence-corrected chi connectivity index (χ1v) is 7.81. The summed E-state index contributed by atoms with van der Waals surface area (Å²) in [4.78, 5) is 0. The molecule has 4 heteroatoms. The van der Waals surface area contributed by atoms with Crippen LogP contribution in [0.4, 0.5) is 0 Å². The highest BCUT2D eigenvalue weighted by Crippen LogP contribution is 2.29. The summed E-state index contributed by atoms with van der Waals surface area (Å²) in [5, 5.41) is 4.64. The Labute approximate surface area is 129 Å². The number of hydrogen-bond acceptors (Lipinski definition) is 2. The Bertz CT molecular complexity index is 575. The van der Waals surface area contributed by atoms with E-state index in [2.05, 4.69) is 53.9 Å². The van der Waals surface area contributed by atoms with Gasteiger partial charge in [0.25, 0.3) is 0 Å². The van der Waals surface area contributed by atoms with Gasteiger partial charge in [-0.2, -0.15) is 5.10 Å². The van der Waals surface area contributed by atoms with Crippen molar-refractivity contribution in [1.29, 1.82) is 0 Å². The van der Waals surface area contributed by atoms with Crippen LogP contribution >= 0.6 is 15.9 Å². The van der Waals surface area contributed by atoms with Crippen molar-refractivity contribution in [3.8, 4) is 0 Å². The van der Waals surface area contributed by atoms with Crippen molar-refractivity contribution >= 4 is 15.9 Å². The summed E-state index contributed by atoms with van der Waals surface area (Å²) in [6.45, 7) is 6.39.